The fourth-order valence-electron chi connectivity index (χ4n) is 1.97. The Hall–Kier alpha value is -2.01. The van der Waals surface area contributed by atoms with Gasteiger partial charge in [-0.1, -0.05) is 18.2 Å². The van der Waals surface area contributed by atoms with Crippen LogP contribution in [0.2, 0.25) is 0 Å². The monoisotopic (exact) mass is 314 g/mol. The summed E-state index contributed by atoms with van der Waals surface area (Å²) in [5, 5.41) is 1.14. The van der Waals surface area contributed by atoms with E-state index in [9.17, 15) is 0 Å². The quantitative estimate of drug-likeness (QED) is 0.748. The molecule has 0 aliphatic rings. The second kappa shape index (κ2) is 4.59. The minimum Gasteiger partial charge on any atom is -0.383 e. The standard InChI is InChI=1S/C14H11BrN4/c1-8-6-12(14-17-7-10(15)13(16)19-14)18-11-5-3-2-4-9(8)11/h2-7H,1H3,(H2,16,17,19). The van der Waals surface area contributed by atoms with Crippen LogP contribution in [0, 0.1) is 6.92 Å². The van der Waals surface area contributed by atoms with Gasteiger partial charge in [-0.15, -0.1) is 0 Å². The van der Waals surface area contributed by atoms with Crippen molar-refractivity contribution in [3.63, 3.8) is 0 Å². The number of fused-ring (bicyclic) bond motifs is 1. The summed E-state index contributed by atoms with van der Waals surface area (Å²) in [6.07, 6.45) is 1.64. The molecule has 0 saturated carbocycles. The van der Waals surface area contributed by atoms with Gasteiger partial charge in [-0.2, -0.15) is 0 Å². The molecule has 0 atom stereocenters. The molecule has 0 amide bonds. The molecule has 3 aromatic rings. The molecule has 0 radical (unpaired) electrons. The smallest absolute Gasteiger partial charge is 0.180 e. The summed E-state index contributed by atoms with van der Waals surface area (Å²) in [7, 11) is 0. The lowest BCUT2D eigenvalue weighted by Gasteiger charge is -2.06. The van der Waals surface area contributed by atoms with E-state index in [2.05, 4.69) is 43.9 Å². The third-order valence-electron chi connectivity index (χ3n) is 2.92. The topological polar surface area (TPSA) is 64.7 Å². The Labute approximate surface area is 118 Å². The van der Waals surface area contributed by atoms with Gasteiger partial charge < -0.3 is 5.73 Å². The van der Waals surface area contributed by atoms with Crippen molar-refractivity contribution in [1.82, 2.24) is 15.0 Å². The van der Waals surface area contributed by atoms with Crippen molar-refractivity contribution in [2.24, 2.45) is 0 Å². The van der Waals surface area contributed by atoms with Crippen molar-refractivity contribution in [1.29, 1.82) is 0 Å². The Morgan fingerprint density at radius 2 is 1.95 bits per heavy atom. The van der Waals surface area contributed by atoms with E-state index in [0.717, 1.165) is 22.2 Å². The van der Waals surface area contributed by atoms with Crippen molar-refractivity contribution in [2.75, 3.05) is 5.73 Å². The number of aromatic nitrogens is 3. The summed E-state index contributed by atoms with van der Waals surface area (Å²) in [6.45, 7) is 2.05. The third kappa shape index (κ3) is 2.17. The lowest BCUT2D eigenvalue weighted by Crippen LogP contribution is -1.98. The molecule has 0 unspecified atom stereocenters. The van der Waals surface area contributed by atoms with Gasteiger partial charge in [0.15, 0.2) is 5.82 Å². The molecule has 19 heavy (non-hydrogen) atoms. The molecule has 4 nitrogen and oxygen atoms in total. The molecular formula is C14H11BrN4. The molecule has 2 heterocycles. The zero-order chi connectivity index (χ0) is 13.4. The number of hydrogen-bond donors (Lipinski definition) is 1. The maximum Gasteiger partial charge on any atom is 0.180 e. The highest BCUT2D eigenvalue weighted by atomic mass is 79.9. The molecule has 0 bridgehead atoms. The first kappa shape index (κ1) is 12.0. The van der Waals surface area contributed by atoms with E-state index < -0.39 is 0 Å². The van der Waals surface area contributed by atoms with Crippen LogP contribution in [0.15, 0.2) is 41.0 Å². The Bertz CT molecular complexity index is 770. The fraction of sp³-hybridized carbons (Fsp3) is 0.0714. The molecular weight excluding hydrogens is 304 g/mol. The highest BCUT2D eigenvalue weighted by Crippen LogP contribution is 2.24. The number of benzene rings is 1. The molecule has 94 valence electrons. The molecule has 2 N–H and O–H groups in total. The van der Waals surface area contributed by atoms with E-state index >= 15 is 0 Å². The molecule has 0 aliphatic carbocycles. The van der Waals surface area contributed by atoms with E-state index in [0.29, 0.717) is 16.1 Å². The van der Waals surface area contributed by atoms with Crippen LogP contribution in [0.25, 0.3) is 22.4 Å². The zero-order valence-corrected chi connectivity index (χ0v) is 11.8. The van der Waals surface area contributed by atoms with Gasteiger partial charge in [0.1, 0.15) is 11.5 Å². The molecule has 5 heteroatoms. The molecule has 2 aromatic heterocycles. The summed E-state index contributed by atoms with van der Waals surface area (Å²) in [5.74, 6) is 0.951. The van der Waals surface area contributed by atoms with Crippen LogP contribution < -0.4 is 5.73 Å². The number of nitrogens with two attached hydrogens (primary N) is 1. The van der Waals surface area contributed by atoms with Crippen molar-refractivity contribution in [3.05, 3.63) is 46.6 Å². The van der Waals surface area contributed by atoms with Crippen molar-refractivity contribution in [3.8, 4) is 11.5 Å². The minimum atomic E-state index is 0.414. The summed E-state index contributed by atoms with van der Waals surface area (Å²) in [5.41, 5.74) is 8.59. The second-order valence-electron chi connectivity index (χ2n) is 4.27. The summed E-state index contributed by atoms with van der Waals surface area (Å²) in [6, 6.07) is 9.98. The van der Waals surface area contributed by atoms with Crippen LogP contribution in [-0.4, -0.2) is 15.0 Å². The number of anilines is 1. The molecule has 1 aromatic carbocycles. The van der Waals surface area contributed by atoms with Crippen molar-refractivity contribution < 1.29 is 0 Å². The van der Waals surface area contributed by atoms with Crippen LogP contribution in [0.3, 0.4) is 0 Å². The van der Waals surface area contributed by atoms with Crippen LogP contribution in [0.1, 0.15) is 5.56 Å². The largest absolute Gasteiger partial charge is 0.383 e. The van der Waals surface area contributed by atoms with Gasteiger partial charge in [0, 0.05) is 11.6 Å². The maximum atomic E-state index is 5.78. The van der Waals surface area contributed by atoms with Crippen molar-refractivity contribution in [2.45, 2.75) is 6.92 Å². The highest BCUT2D eigenvalue weighted by Gasteiger charge is 2.08. The molecule has 0 aliphatic heterocycles. The van der Waals surface area contributed by atoms with Crippen molar-refractivity contribution >= 4 is 32.7 Å². The number of rotatable bonds is 1. The lowest BCUT2D eigenvalue weighted by atomic mass is 10.1. The van der Waals surface area contributed by atoms with E-state index in [1.54, 1.807) is 6.20 Å². The SMILES string of the molecule is Cc1cc(-c2ncc(Br)c(N)n2)nc2ccccc12. The van der Waals surface area contributed by atoms with Crippen LogP contribution in [0.5, 0.6) is 0 Å². The highest BCUT2D eigenvalue weighted by molar-refractivity contribution is 9.10. The molecule has 3 rings (SSSR count). The maximum absolute atomic E-state index is 5.78. The molecule has 0 saturated heterocycles. The van der Waals surface area contributed by atoms with Gasteiger partial charge in [0.2, 0.25) is 0 Å². The Morgan fingerprint density at radius 3 is 2.74 bits per heavy atom. The predicted molar refractivity (Wildman–Crippen MR) is 79.6 cm³/mol. The Balaban J connectivity index is 2.22. The summed E-state index contributed by atoms with van der Waals surface area (Å²) < 4.78 is 0.689. The van der Waals surface area contributed by atoms with Gasteiger partial charge in [0.25, 0.3) is 0 Å². The average molecular weight is 315 g/mol. The van der Waals surface area contributed by atoms with Gasteiger partial charge in [-0.3, -0.25) is 0 Å². The number of pyridine rings is 1. The molecule has 0 fully saturated rings. The van der Waals surface area contributed by atoms with Gasteiger partial charge in [-0.25, -0.2) is 15.0 Å². The van der Waals surface area contributed by atoms with E-state index in [1.165, 1.54) is 0 Å². The van der Waals surface area contributed by atoms with E-state index in [4.69, 9.17) is 5.73 Å². The van der Waals surface area contributed by atoms with E-state index in [1.807, 2.05) is 24.3 Å². The first-order chi connectivity index (χ1) is 9.15. The predicted octanol–water partition coefficient (Wildman–Crippen LogP) is 3.34. The number of aryl methyl sites for hydroxylation is 1. The van der Waals surface area contributed by atoms with Gasteiger partial charge in [-0.05, 0) is 40.5 Å². The number of para-hydroxylation sites is 1. The summed E-state index contributed by atoms with van der Waals surface area (Å²) >= 11 is 3.29. The first-order valence-corrected chi connectivity index (χ1v) is 6.59. The minimum absolute atomic E-state index is 0.414. The van der Waals surface area contributed by atoms with Gasteiger partial charge in [0.05, 0.1) is 9.99 Å². The van der Waals surface area contributed by atoms with E-state index in [-0.39, 0.29) is 0 Å². The number of nitrogens with zero attached hydrogens (tertiary/aromatic N) is 3. The number of hydrogen-bond acceptors (Lipinski definition) is 4. The summed E-state index contributed by atoms with van der Waals surface area (Å²) in [4.78, 5) is 13.1. The van der Waals surface area contributed by atoms with Crippen LogP contribution in [0.4, 0.5) is 5.82 Å². The first-order valence-electron chi connectivity index (χ1n) is 5.80. The van der Waals surface area contributed by atoms with Crippen LogP contribution in [-0.2, 0) is 0 Å². The lowest BCUT2D eigenvalue weighted by molar-refractivity contribution is 1.14. The number of nitrogen functional groups attached to an aromatic ring is 1. The molecule has 0 spiro atoms. The van der Waals surface area contributed by atoms with Crippen LogP contribution >= 0.6 is 15.9 Å². The van der Waals surface area contributed by atoms with Gasteiger partial charge >= 0.3 is 0 Å². The Morgan fingerprint density at radius 1 is 1.16 bits per heavy atom. The average Bonchev–Trinajstić information content (AvgIpc) is 2.42. The zero-order valence-electron chi connectivity index (χ0n) is 10.3. The second-order valence-corrected chi connectivity index (χ2v) is 5.12. The normalized spacial score (nSPS) is 10.8. The fourth-order valence-corrected chi connectivity index (χ4v) is 2.16. The number of halogens is 1. The third-order valence-corrected chi connectivity index (χ3v) is 3.53. The Kier molecular flexibility index (Phi) is 2.91.